The highest BCUT2D eigenvalue weighted by Crippen LogP contribution is 2.61. The van der Waals surface area contributed by atoms with E-state index in [0.717, 1.165) is 0 Å². The minimum atomic E-state index is -0.487. The molecule has 4 heterocycles. The fourth-order valence-electron chi connectivity index (χ4n) is 14.5. The smallest absolute Gasteiger partial charge is 0.0714 e. The Morgan fingerprint density at radius 2 is 0.543 bits per heavy atom. The SMILES string of the molecule is c1ccc(C2(c3ccccc3)c3ccccc3-c3c2ccc2c4cccc5c6cc7c(cc6n(c32)c54)c2cccc3c4ccc5c(c4n7c23)-c2ccccc2C5(c2ccccc2)c2ccccc2)cc1. The van der Waals surface area contributed by atoms with Crippen LogP contribution in [0.5, 0.6) is 0 Å². The van der Waals surface area contributed by atoms with Crippen molar-refractivity contribution in [2.45, 2.75) is 10.8 Å². The van der Waals surface area contributed by atoms with E-state index in [0.29, 0.717) is 0 Å². The van der Waals surface area contributed by atoms with Crippen LogP contribution in [0.3, 0.4) is 0 Å². The summed E-state index contributed by atoms with van der Waals surface area (Å²) in [6.07, 6.45) is 0. The average molecular weight is 885 g/mol. The second-order valence-electron chi connectivity index (χ2n) is 19.8. The van der Waals surface area contributed by atoms with E-state index in [2.05, 4.69) is 251 Å². The number of nitrogens with zero attached hydrogens (tertiary/aromatic N) is 2. The monoisotopic (exact) mass is 884 g/mol. The predicted molar refractivity (Wildman–Crippen MR) is 290 cm³/mol. The molecule has 11 aromatic carbocycles. The van der Waals surface area contributed by atoms with Crippen molar-refractivity contribution in [3.63, 3.8) is 0 Å². The summed E-state index contributed by atoms with van der Waals surface area (Å²) in [5.74, 6) is 0. The summed E-state index contributed by atoms with van der Waals surface area (Å²) in [5.41, 5.74) is 22.4. The van der Waals surface area contributed by atoms with Gasteiger partial charge in [0.2, 0.25) is 0 Å². The molecule has 2 aliphatic rings. The molecule has 0 saturated carbocycles. The van der Waals surface area contributed by atoms with Crippen LogP contribution in [0.25, 0.3) is 98.4 Å². The van der Waals surface area contributed by atoms with Gasteiger partial charge in [-0.15, -0.1) is 0 Å². The van der Waals surface area contributed by atoms with Crippen molar-refractivity contribution in [3.8, 4) is 22.3 Å². The van der Waals surface area contributed by atoms with Gasteiger partial charge in [-0.25, -0.2) is 0 Å². The Morgan fingerprint density at radius 3 is 0.914 bits per heavy atom. The van der Waals surface area contributed by atoms with Crippen molar-refractivity contribution in [1.82, 2.24) is 8.80 Å². The second kappa shape index (κ2) is 13.0. The molecule has 0 spiro atoms. The highest BCUT2D eigenvalue weighted by atomic mass is 14.9. The van der Waals surface area contributed by atoms with Crippen molar-refractivity contribution >= 4 is 76.2 Å². The lowest BCUT2D eigenvalue weighted by Crippen LogP contribution is -2.28. The number of hydrogen-bond donors (Lipinski definition) is 0. The molecule has 0 bridgehead atoms. The van der Waals surface area contributed by atoms with Crippen LogP contribution in [-0.2, 0) is 10.8 Å². The largest absolute Gasteiger partial charge is 0.307 e. The minimum Gasteiger partial charge on any atom is -0.307 e. The third kappa shape index (κ3) is 4.14. The third-order valence-electron chi connectivity index (χ3n) is 16.9. The van der Waals surface area contributed by atoms with Crippen molar-refractivity contribution in [2.24, 2.45) is 0 Å². The molecule has 2 aliphatic carbocycles. The zero-order valence-corrected chi connectivity index (χ0v) is 38.0. The Morgan fingerprint density at radius 1 is 0.229 bits per heavy atom. The number of hydrogen-bond acceptors (Lipinski definition) is 0. The lowest BCUT2D eigenvalue weighted by Gasteiger charge is -2.33. The van der Waals surface area contributed by atoms with Gasteiger partial charge in [0.15, 0.2) is 0 Å². The first-order valence-electron chi connectivity index (χ1n) is 24.6. The van der Waals surface area contributed by atoms with E-state index in [9.17, 15) is 0 Å². The Balaban J connectivity index is 1.02. The number of aromatic nitrogens is 2. The highest BCUT2D eigenvalue weighted by molar-refractivity contribution is 6.31. The molecule has 0 aliphatic heterocycles. The minimum absolute atomic E-state index is 0.487. The fourth-order valence-corrected chi connectivity index (χ4v) is 14.5. The summed E-state index contributed by atoms with van der Waals surface area (Å²) in [5, 5.41) is 10.3. The molecular weight excluding hydrogens is 845 g/mol. The molecular formula is C68H40N2. The summed E-state index contributed by atoms with van der Waals surface area (Å²) in [6, 6.07) is 91.9. The van der Waals surface area contributed by atoms with E-state index in [1.807, 2.05) is 0 Å². The van der Waals surface area contributed by atoms with Gasteiger partial charge in [-0.2, -0.15) is 0 Å². The molecule has 0 radical (unpaired) electrons. The molecule has 2 nitrogen and oxygen atoms in total. The first-order chi connectivity index (χ1) is 34.8. The molecule has 0 saturated heterocycles. The zero-order valence-electron chi connectivity index (χ0n) is 38.0. The van der Waals surface area contributed by atoms with Gasteiger partial charge in [0.25, 0.3) is 0 Å². The molecule has 0 amide bonds. The molecule has 0 N–H and O–H groups in total. The molecule has 322 valence electrons. The maximum Gasteiger partial charge on any atom is 0.0714 e. The van der Waals surface area contributed by atoms with Gasteiger partial charge >= 0.3 is 0 Å². The number of benzene rings is 11. The molecule has 0 unspecified atom stereocenters. The van der Waals surface area contributed by atoms with E-state index >= 15 is 0 Å². The van der Waals surface area contributed by atoms with Crippen molar-refractivity contribution in [1.29, 1.82) is 0 Å². The first-order valence-corrected chi connectivity index (χ1v) is 24.6. The number of rotatable bonds is 4. The fraction of sp³-hybridized carbons (Fsp3) is 0.0294. The third-order valence-corrected chi connectivity index (χ3v) is 16.9. The Bertz CT molecular complexity index is 4290. The Hall–Kier alpha value is -8.98. The quantitative estimate of drug-likeness (QED) is 0.167. The predicted octanol–water partition coefficient (Wildman–Crippen LogP) is 16.7. The highest BCUT2D eigenvalue weighted by Gasteiger charge is 2.49. The van der Waals surface area contributed by atoms with Crippen molar-refractivity contribution in [2.75, 3.05) is 0 Å². The van der Waals surface area contributed by atoms with E-state index in [1.165, 1.54) is 143 Å². The summed E-state index contributed by atoms with van der Waals surface area (Å²) in [4.78, 5) is 0. The van der Waals surface area contributed by atoms with Crippen LogP contribution in [0.4, 0.5) is 0 Å². The molecule has 0 fully saturated rings. The topological polar surface area (TPSA) is 8.82 Å². The molecule has 0 atom stereocenters. The Labute approximate surface area is 403 Å². The van der Waals surface area contributed by atoms with E-state index < -0.39 is 10.8 Å². The molecule has 70 heavy (non-hydrogen) atoms. The van der Waals surface area contributed by atoms with E-state index in [-0.39, 0.29) is 0 Å². The van der Waals surface area contributed by atoms with Gasteiger partial charge in [0.05, 0.1) is 43.9 Å². The van der Waals surface area contributed by atoms with Crippen molar-refractivity contribution in [3.05, 3.63) is 287 Å². The van der Waals surface area contributed by atoms with Gasteiger partial charge in [0, 0.05) is 54.2 Å². The lowest BCUT2D eigenvalue weighted by atomic mass is 9.67. The van der Waals surface area contributed by atoms with Gasteiger partial charge in [-0.1, -0.05) is 231 Å². The van der Waals surface area contributed by atoms with E-state index in [1.54, 1.807) is 0 Å². The summed E-state index contributed by atoms with van der Waals surface area (Å²) in [6.45, 7) is 0. The summed E-state index contributed by atoms with van der Waals surface area (Å²) < 4.78 is 5.29. The van der Waals surface area contributed by atoms with Crippen LogP contribution in [0.2, 0.25) is 0 Å². The van der Waals surface area contributed by atoms with Crippen LogP contribution in [-0.4, -0.2) is 8.80 Å². The molecule has 17 rings (SSSR count). The maximum absolute atomic E-state index is 2.64. The van der Waals surface area contributed by atoms with Crippen LogP contribution < -0.4 is 0 Å². The molecule has 15 aromatic rings. The normalized spacial score (nSPS) is 14.5. The van der Waals surface area contributed by atoms with Crippen LogP contribution in [0.1, 0.15) is 44.5 Å². The average Bonchev–Trinajstić information content (AvgIpc) is 4.26. The molecule has 4 aromatic heterocycles. The van der Waals surface area contributed by atoms with Crippen LogP contribution in [0, 0.1) is 0 Å². The maximum atomic E-state index is 2.64. The standard InChI is InChI=1S/C68H40N2/c1-5-19-41(20-6-1)67(42-21-7-2-8-22-42)55-33-15-13-27-51(55)61-57(67)37-35-49-45-29-17-31-47-53-40-60-54(39-59(53)69(63(45)47)65(49)61)48-32-18-30-46-50-36-38-58-62(66(50)70(60)64(46)48)52-28-14-16-34-56(52)68(58,43-23-9-3-10-24-43)44-25-11-4-12-26-44/h1-40H. The Kier molecular flexibility index (Phi) is 6.86. The number of para-hydroxylation sites is 2. The number of fused-ring (bicyclic) bond motifs is 20. The first kappa shape index (κ1) is 37.1. The second-order valence-corrected chi connectivity index (χ2v) is 19.8. The van der Waals surface area contributed by atoms with Gasteiger partial charge in [0.1, 0.15) is 0 Å². The van der Waals surface area contributed by atoms with Crippen LogP contribution >= 0.6 is 0 Å². The molecule has 2 heteroatoms. The van der Waals surface area contributed by atoms with Crippen LogP contribution in [0.15, 0.2) is 243 Å². The summed E-state index contributed by atoms with van der Waals surface area (Å²) >= 11 is 0. The lowest BCUT2D eigenvalue weighted by molar-refractivity contribution is 0.769. The zero-order chi connectivity index (χ0) is 45.5. The summed E-state index contributed by atoms with van der Waals surface area (Å²) in [7, 11) is 0. The van der Waals surface area contributed by atoms with E-state index in [4.69, 9.17) is 0 Å². The van der Waals surface area contributed by atoms with Crippen molar-refractivity contribution < 1.29 is 0 Å². The van der Waals surface area contributed by atoms with Gasteiger partial charge in [-0.05, 0) is 67.8 Å². The van der Waals surface area contributed by atoms with Gasteiger partial charge in [-0.3, -0.25) is 0 Å². The van der Waals surface area contributed by atoms with Gasteiger partial charge < -0.3 is 8.80 Å².